The number of hydrogen-bond donors (Lipinski definition) is 0. The van der Waals surface area contributed by atoms with Gasteiger partial charge in [-0.3, -0.25) is 0 Å². The maximum atomic E-state index is 12.8. The van der Waals surface area contributed by atoms with E-state index >= 15 is 0 Å². The van der Waals surface area contributed by atoms with Crippen LogP contribution < -0.4 is 0 Å². The first-order valence-corrected chi connectivity index (χ1v) is 9.46. The van der Waals surface area contributed by atoms with Crippen molar-refractivity contribution in [1.82, 2.24) is 0 Å². The maximum Gasteiger partial charge on any atom is 0.337 e. The first kappa shape index (κ1) is 19.4. The predicted molar refractivity (Wildman–Crippen MR) is 101 cm³/mol. The first-order valence-electron chi connectivity index (χ1n) is 9.46. The Balaban J connectivity index is 1.89. The fraction of sp³-hybridized carbons (Fsp3) is 0.409. The van der Waals surface area contributed by atoms with Crippen molar-refractivity contribution in [1.29, 1.82) is 0 Å². The van der Waals surface area contributed by atoms with Crippen LogP contribution in [0.5, 0.6) is 0 Å². The summed E-state index contributed by atoms with van der Waals surface area (Å²) < 4.78 is 21.3. The molecule has 4 rings (SSSR count). The molecule has 4 unspecified atom stereocenters. The number of carbonyl (C=O) groups excluding carboxylic acids is 3. The quantitative estimate of drug-likeness (QED) is 0.554. The summed E-state index contributed by atoms with van der Waals surface area (Å²) in [4.78, 5) is 37.9. The van der Waals surface area contributed by atoms with Crippen LogP contribution in [0, 0.1) is 11.8 Å². The Hall–Kier alpha value is -2.93. The molecule has 0 spiro atoms. The van der Waals surface area contributed by atoms with Crippen LogP contribution in [0.25, 0.3) is 5.57 Å². The predicted octanol–water partition coefficient (Wildman–Crippen LogP) is 2.06. The Bertz CT molecular complexity index is 959. The summed E-state index contributed by atoms with van der Waals surface area (Å²) in [5, 5.41) is 0. The lowest BCUT2D eigenvalue weighted by atomic mass is 9.54. The average molecular weight is 398 g/mol. The lowest BCUT2D eigenvalue weighted by Gasteiger charge is -2.45. The van der Waals surface area contributed by atoms with Crippen molar-refractivity contribution in [3.63, 3.8) is 0 Å². The second kappa shape index (κ2) is 6.84. The molecule has 1 aliphatic carbocycles. The zero-order valence-electron chi connectivity index (χ0n) is 16.7. The Morgan fingerprint density at radius 2 is 1.66 bits per heavy atom. The monoisotopic (exact) mass is 398 g/mol. The van der Waals surface area contributed by atoms with Gasteiger partial charge in [-0.15, -0.1) is 0 Å². The van der Waals surface area contributed by atoms with Gasteiger partial charge in [0.05, 0.1) is 38.1 Å². The fourth-order valence-electron chi connectivity index (χ4n) is 4.96. The van der Waals surface area contributed by atoms with E-state index in [9.17, 15) is 14.4 Å². The van der Waals surface area contributed by atoms with E-state index in [1.54, 1.807) is 13.8 Å². The summed E-state index contributed by atoms with van der Waals surface area (Å²) in [6.07, 6.45) is -0.765. The van der Waals surface area contributed by atoms with E-state index in [-0.39, 0.29) is 23.7 Å². The third-order valence-corrected chi connectivity index (χ3v) is 6.01. The van der Waals surface area contributed by atoms with Gasteiger partial charge < -0.3 is 18.9 Å². The molecular formula is C22H22O7. The molecular weight excluding hydrogens is 376 g/mol. The number of methoxy groups -OCH3 is 2. The number of carbonyl (C=O) groups is 3. The molecule has 1 fully saturated rings. The molecule has 2 bridgehead atoms. The number of hydrogen-bond acceptors (Lipinski definition) is 7. The number of benzene rings is 1. The maximum absolute atomic E-state index is 12.8. The average Bonchev–Trinajstić information content (AvgIpc) is 3.12. The topological polar surface area (TPSA) is 88.1 Å². The molecule has 7 nitrogen and oxygen atoms in total. The largest absolute Gasteiger partial charge is 0.466 e. The van der Waals surface area contributed by atoms with Gasteiger partial charge in [-0.25, -0.2) is 14.4 Å². The van der Waals surface area contributed by atoms with Gasteiger partial charge in [0.25, 0.3) is 0 Å². The molecule has 0 aromatic heterocycles. The number of ether oxygens (including phenoxy) is 4. The van der Waals surface area contributed by atoms with Crippen LogP contribution >= 0.6 is 0 Å². The molecule has 2 aliphatic heterocycles. The third-order valence-electron chi connectivity index (χ3n) is 6.01. The van der Waals surface area contributed by atoms with Gasteiger partial charge in [0.15, 0.2) is 0 Å². The molecule has 152 valence electrons. The fourth-order valence-corrected chi connectivity index (χ4v) is 4.96. The van der Waals surface area contributed by atoms with E-state index in [0.717, 1.165) is 11.1 Å². The summed E-state index contributed by atoms with van der Waals surface area (Å²) in [5.74, 6) is -2.40. The van der Waals surface area contributed by atoms with Gasteiger partial charge in [0.1, 0.15) is 5.60 Å². The van der Waals surface area contributed by atoms with Crippen molar-refractivity contribution in [2.45, 2.75) is 25.6 Å². The highest BCUT2D eigenvalue weighted by Crippen LogP contribution is 2.67. The zero-order chi connectivity index (χ0) is 20.9. The van der Waals surface area contributed by atoms with Gasteiger partial charge in [-0.2, -0.15) is 0 Å². The molecule has 0 saturated carbocycles. The zero-order valence-corrected chi connectivity index (χ0v) is 16.7. The summed E-state index contributed by atoms with van der Waals surface area (Å²) >= 11 is 0. The van der Waals surface area contributed by atoms with E-state index in [4.69, 9.17) is 18.9 Å². The van der Waals surface area contributed by atoms with Crippen molar-refractivity contribution < 1.29 is 33.3 Å². The molecule has 0 radical (unpaired) electrons. The van der Waals surface area contributed by atoms with Gasteiger partial charge >= 0.3 is 17.9 Å². The van der Waals surface area contributed by atoms with Crippen molar-refractivity contribution in [2.75, 3.05) is 20.8 Å². The van der Waals surface area contributed by atoms with Crippen LogP contribution in [0.15, 0.2) is 47.1 Å². The van der Waals surface area contributed by atoms with Crippen molar-refractivity contribution >= 4 is 23.5 Å². The molecule has 7 heteroatoms. The normalized spacial score (nSPS) is 29.3. The Labute approximate surface area is 168 Å². The molecule has 29 heavy (non-hydrogen) atoms. The standard InChI is InChI=1S/C22H22O7/c1-5-28-20(24)13-12(11-9-7-6-8-10-11)16-14(13)18-15(19(23)26-3)17(21(25)27-4)22(16,2)29-18/h6-10,14,16,18H,5H2,1-4H3. The lowest BCUT2D eigenvalue weighted by Crippen LogP contribution is -2.50. The minimum Gasteiger partial charge on any atom is -0.466 e. The molecule has 1 aromatic rings. The van der Waals surface area contributed by atoms with E-state index < -0.39 is 35.5 Å². The summed E-state index contributed by atoms with van der Waals surface area (Å²) in [6.45, 7) is 3.74. The molecule has 1 saturated heterocycles. The summed E-state index contributed by atoms with van der Waals surface area (Å²) in [7, 11) is 2.50. The summed E-state index contributed by atoms with van der Waals surface area (Å²) in [6, 6.07) is 9.46. The molecule has 0 amide bonds. The molecule has 0 N–H and O–H groups in total. The number of fused-ring (bicyclic) bond motifs is 5. The van der Waals surface area contributed by atoms with Gasteiger partial charge in [0, 0.05) is 17.4 Å². The Morgan fingerprint density at radius 1 is 1.00 bits per heavy atom. The highest BCUT2D eigenvalue weighted by atomic mass is 16.6. The van der Waals surface area contributed by atoms with E-state index in [2.05, 4.69) is 0 Å². The van der Waals surface area contributed by atoms with Crippen LogP contribution in [-0.4, -0.2) is 50.4 Å². The first-order chi connectivity index (χ1) is 13.9. The van der Waals surface area contributed by atoms with Crippen LogP contribution in [0.3, 0.4) is 0 Å². The second-order valence-electron chi connectivity index (χ2n) is 7.33. The molecule has 3 aliphatic rings. The second-order valence-corrected chi connectivity index (χ2v) is 7.33. The van der Waals surface area contributed by atoms with Crippen LogP contribution in [-0.2, 0) is 33.3 Å². The Morgan fingerprint density at radius 3 is 2.24 bits per heavy atom. The van der Waals surface area contributed by atoms with Crippen LogP contribution in [0.1, 0.15) is 19.4 Å². The number of esters is 3. The molecule has 4 atom stereocenters. The third kappa shape index (κ3) is 2.50. The highest BCUT2D eigenvalue weighted by Gasteiger charge is 2.71. The minimum atomic E-state index is -1.10. The van der Waals surface area contributed by atoms with Crippen molar-refractivity contribution in [3.05, 3.63) is 52.6 Å². The van der Waals surface area contributed by atoms with Gasteiger partial charge in [-0.05, 0) is 25.0 Å². The van der Waals surface area contributed by atoms with Crippen LogP contribution in [0.2, 0.25) is 0 Å². The Kier molecular flexibility index (Phi) is 4.58. The minimum absolute atomic E-state index is 0.122. The molecule has 1 aromatic carbocycles. The SMILES string of the molecule is CCOC(=O)C1=C(c2ccccc2)C2C1C1OC2(C)C(C(=O)OC)=C1C(=O)OC. The van der Waals surface area contributed by atoms with Crippen molar-refractivity contribution in [3.8, 4) is 0 Å². The van der Waals surface area contributed by atoms with Gasteiger partial charge in [-0.1, -0.05) is 30.3 Å². The van der Waals surface area contributed by atoms with E-state index in [1.807, 2.05) is 30.3 Å². The smallest absolute Gasteiger partial charge is 0.337 e. The molecule has 2 heterocycles. The van der Waals surface area contributed by atoms with Gasteiger partial charge in [0.2, 0.25) is 0 Å². The van der Waals surface area contributed by atoms with Crippen molar-refractivity contribution in [2.24, 2.45) is 11.8 Å². The van der Waals surface area contributed by atoms with E-state index in [1.165, 1.54) is 14.2 Å². The van der Waals surface area contributed by atoms with E-state index in [0.29, 0.717) is 5.57 Å². The number of rotatable bonds is 5. The lowest BCUT2D eigenvalue weighted by molar-refractivity contribution is -0.141. The highest BCUT2D eigenvalue weighted by molar-refractivity contribution is 6.10. The summed E-state index contributed by atoms with van der Waals surface area (Å²) in [5.41, 5.74) is 1.31. The van der Waals surface area contributed by atoms with Crippen LogP contribution in [0.4, 0.5) is 0 Å².